The molecule has 0 aromatic heterocycles. The van der Waals surface area contributed by atoms with Gasteiger partial charge in [-0.25, -0.2) is 0 Å². The Kier molecular flexibility index (Phi) is 3.43. The molecule has 0 unspecified atom stereocenters. The standard InChI is InChI=1S/C13H17NO2S/c1-2-10(14-5-1)9-17-11-3-4-12-13(8-11)16-7-6-15-12/h3-4,8,10,14H,1-2,5-7,9H2/t10-/m0/s1. The van der Waals surface area contributed by atoms with E-state index in [4.69, 9.17) is 9.47 Å². The Morgan fingerprint density at radius 1 is 1.24 bits per heavy atom. The van der Waals surface area contributed by atoms with Gasteiger partial charge < -0.3 is 14.8 Å². The van der Waals surface area contributed by atoms with Gasteiger partial charge in [-0.15, -0.1) is 11.8 Å². The van der Waals surface area contributed by atoms with Crippen molar-refractivity contribution in [2.24, 2.45) is 0 Å². The molecule has 2 heterocycles. The predicted molar refractivity (Wildman–Crippen MR) is 69.2 cm³/mol. The molecule has 1 saturated heterocycles. The van der Waals surface area contributed by atoms with E-state index in [1.54, 1.807) is 0 Å². The molecule has 92 valence electrons. The van der Waals surface area contributed by atoms with Crippen LogP contribution in [0.25, 0.3) is 0 Å². The molecule has 4 heteroatoms. The Morgan fingerprint density at radius 3 is 2.94 bits per heavy atom. The smallest absolute Gasteiger partial charge is 0.162 e. The number of fused-ring (bicyclic) bond motifs is 1. The maximum atomic E-state index is 5.58. The van der Waals surface area contributed by atoms with E-state index < -0.39 is 0 Å². The molecule has 0 spiro atoms. The summed E-state index contributed by atoms with van der Waals surface area (Å²) in [6.45, 7) is 2.49. The van der Waals surface area contributed by atoms with Gasteiger partial charge in [0, 0.05) is 16.7 Å². The summed E-state index contributed by atoms with van der Waals surface area (Å²) in [7, 11) is 0. The van der Waals surface area contributed by atoms with Crippen molar-refractivity contribution in [1.29, 1.82) is 0 Å². The summed E-state index contributed by atoms with van der Waals surface area (Å²) in [5, 5.41) is 3.51. The molecule has 0 saturated carbocycles. The molecule has 0 bridgehead atoms. The Balaban J connectivity index is 1.62. The van der Waals surface area contributed by atoms with E-state index in [1.807, 2.05) is 17.8 Å². The molecule has 1 aromatic carbocycles. The number of rotatable bonds is 3. The number of hydrogen-bond donors (Lipinski definition) is 1. The molecule has 1 fully saturated rings. The minimum Gasteiger partial charge on any atom is -0.486 e. The van der Waals surface area contributed by atoms with Gasteiger partial charge in [0.25, 0.3) is 0 Å². The number of ether oxygens (including phenoxy) is 2. The molecule has 3 rings (SSSR count). The van der Waals surface area contributed by atoms with Crippen LogP contribution in [0.1, 0.15) is 12.8 Å². The first kappa shape index (κ1) is 11.2. The first-order chi connectivity index (χ1) is 8.42. The summed E-state index contributed by atoms with van der Waals surface area (Å²) in [6.07, 6.45) is 2.61. The van der Waals surface area contributed by atoms with Crippen LogP contribution in [-0.4, -0.2) is 31.6 Å². The number of hydrogen-bond acceptors (Lipinski definition) is 4. The molecular formula is C13H17NO2S. The second-order valence-corrected chi connectivity index (χ2v) is 5.50. The molecule has 1 atom stereocenters. The SMILES string of the molecule is c1cc2c(cc1SC[C@@H]1CCCN1)OCCO2. The van der Waals surface area contributed by atoms with E-state index in [-0.39, 0.29) is 0 Å². The number of nitrogens with one attached hydrogen (secondary N) is 1. The average molecular weight is 251 g/mol. The second-order valence-electron chi connectivity index (χ2n) is 4.41. The van der Waals surface area contributed by atoms with Crippen LogP contribution in [0.3, 0.4) is 0 Å². The average Bonchev–Trinajstić information content (AvgIpc) is 2.89. The fourth-order valence-electron chi connectivity index (χ4n) is 2.21. The summed E-state index contributed by atoms with van der Waals surface area (Å²) < 4.78 is 11.1. The van der Waals surface area contributed by atoms with Crippen molar-refractivity contribution in [3.05, 3.63) is 18.2 Å². The van der Waals surface area contributed by atoms with Crippen LogP contribution in [0.5, 0.6) is 11.5 Å². The first-order valence-corrected chi connectivity index (χ1v) is 7.16. The van der Waals surface area contributed by atoms with E-state index in [0.717, 1.165) is 17.3 Å². The van der Waals surface area contributed by atoms with Crippen LogP contribution >= 0.6 is 11.8 Å². The van der Waals surface area contributed by atoms with Crippen molar-refractivity contribution in [3.63, 3.8) is 0 Å². The fraction of sp³-hybridized carbons (Fsp3) is 0.538. The fourth-order valence-corrected chi connectivity index (χ4v) is 3.24. The van der Waals surface area contributed by atoms with Crippen LogP contribution in [0.2, 0.25) is 0 Å². The van der Waals surface area contributed by atoms with Gasteiger partial charge in [0.15, 0.2) is 11.5 Å². The highest BCUT2D eigenvalue weighted by molar-refractivity contribution is 7.99. The third-order valence-corrected chi connectivity index (χ3v) is 4.28. The Morgan fingerprint density at radius 2 is 2.12 bits per heavy atom. The van der Waals surface area contributed by atoms with Gasteiger partial charge in [0.05, 0.1) is 0 Å². The zero-order valence-corrected chi connectivity index (χ0v) is 10.6. The van der Waals surface area contributed by atoms with Gasteiger partial charge >= 0.3 is 0 Å². The third kappa shape index (κ3) is 2.69. The molecule has 0 radical (unpaired) electrons. The van der Waals surface area contributed by atoms with Crippen LogP contribution in [0.4, 0.5) is 0 Å². The largest absolute Gasteiger partial charge is 0.486 e. The van der Waals surface area contributed by atoms with Crippen molar-refractivity contribution >= 4 is 11.8 Å². The third-order valence-electron chi connectivity index (χ3n) is 3.13. The van der Waals surface area contributed by atoms with E-state index in [2.05, 4.69) is 17.4 Å². The highest BCUT2D eigenvalue weighted by Crippen LogP contribution is 2.34. The molecule has 0 amide bonds. The van der Waals surface area contributed by atoms with Crippen molar-refractivity contribution in [1.82, 2.24) is 5.32 Å². The lowest BCUT2D eigenvalue weighted by Gasteiger charge is -2.19. The van der Waals surface area contributed by atoms with Crippen molar-refractivity contribution in [2.75, 3.05) is 25.5 Å². The Bertz CT molecular complexity index is 391. The van der Waals surface area contributed by atoms with E-state index in [1.165, 1.54) is 24.3 Å². The highest BCUT2D eigenvalue weighted by Gasteiger charge is 2.15. The van der Waals surface area contributed by atoms with Gasteiger partial charge in [-0.3, -0.25) is 0 Å². The molecule has 2 aliphatic heterocycles. The van der Waals surface area contributed by atoms with E-state index in [9.17, 15) is 0 Å². The normalized spacial score (nSPS) is 22.7. The zero-order chi connectivity index (χ0) is 11.5. The van der Waals surface area contributed by atoms with Crippen molar-refractivity contribution in [2.45, 2.75) is 23.8 Å². The first-order valence-electron chi connectivity index (χ1n) is 6.18. The minimum absolute atomic E-state index is 0.658. The second kappa shape index (κ2) is 5.19. The molecule has 2 aliphatic rings. The lowest BCUT2D eigenvalue weighted by molar-refractivity contribution is 0.171. The van der Waals surface area contributed by atoms with Crippen LogP contribution in [0.15, 0.2) is 23.1 Å². The predicted octanol–water partition coefficient (Wildman–Crippen LogP) is 2.30. The van der Waals surface area contributed by atoms with Crippen molar-refractivity contribution in [3.8, 4) is 11.5 Å². The topological polar surface area (TPSA) is 30.5 Å². The van der Waals surface area contributed by atoms with Crippen LogP contribution in [-0.2, 0) is 0 Å². The Labute approximate surface area is 106 Å². The lowest BCUT2D eigenvalue weighted by Crippen LogP contribution is -2.23. The Hall–Kier alpha value is -0.870. The monoisotopic (exact) mass is 251 g/mol. The molecule has 17 heavy (non-hydrogen) atoms. The quantitative estimate of drug-likeness (QED) is 0.835. The van der Waals surface area contributed by atoms with Gasteiger partial charge in [-0.2, -0.15) is 0 Å². The number of benzene rings is 1. The molecular weight excluding hydrogens is 234 g/mol. The molecule has 1 N–H and O–H groups in total. The van der Waals surface area contributed by atoms with Crippen LogP contribution < -0.4 is 14.8 Å². The maximum absolute atomic E-state index is 5.58. The van der Waals surface area contributed by atoms with Gasteiger partial charge in [-0.05, 0) is 37.6 Å². The number of thioether (sulfide) groups is 1. The lowest BCUT2D eigenvalue weighted by atomic mass is 10.3. The zero-order valence-electron chi connectivity index (χ0n) is 9.78. The van der Waals surface area contributed by atoms with E-state index in [0.29, 0.717) is 19.3 Å². The van der Waals surface area contributed by atoms with Gasteiger partial charge in [-0.1, -0.05) is 0 Å². The van der Waals surface area contributed by atoms with Gasteiger partial charge in [0.1, 0.15) is 13.2 Å². The summed E-state index contributed by atoms with van der Waals surface area (Å²) >= 11 is 1.89. The molecule has 3 nitrogen and oxygen atoms in total. The molecule has 0 aliphatic carbocycles. The van der Waals surface area contributed by atoms with E-state index >= 15 is 0 Å². The van der Waals surface area contributed by atoms with Gasteiger partial charge in [0.2, 0.25) is 0 Å². The highest BCUT2D eigenvalue weighted by atomic mass is 32.2. The maximum Gasteiger partial charge on any atom is 0.162 e. The summed E-state index contributed by atoms with van der Waals surface area (Å²) in [5.74, 6) is 2.90. The summed E-state index contributed by atoms with van der Waals surface area (Å²) in [5.41, 5.74) is 0. The summed E-state index contributed by atoms with van der Waals surface area (Å²) in [4.78, 5) is 1.27. The molecule has 1 aromatic rings. The van der Waals surface area contributed by atoms with Crippen LogP contribution in [0, 0.1) is 0 Å². The summed E-state index contributed by atoms with van der Waals surface area (Å²) in [6, 6.07) is 6.90. The van der Waals surface area contributed by atoms with Crippen molar-refractivity contribution < 1.29 is 9.47 Å². The minimum atomic E-state index is 0.658.